The second-order valence-electron chi connectivity index (χ2n) is 13.4. The molecule has 2 fully saturated rings. The van der Waals surface area contributed by atoms with Gasteiger partial charge in [0.15, 0.2) is 5.82 Å². The summed E-state index contributed by atoms with van der Waals surface area (Å²) in [6, 6.07) is 6.59. The molecule has 2 aliphatic heterocycles. The average Bonchev–Trinajstić information content (AvgIpc) is 3.46. The molecule has 3 aliphatic rings. The van der Waals surface area contributed by atoms with Crippen LogP contribution in [0.2, 0.25) is 5.02 Å². The molecule has 1 saturated carbocycles. The first-order valence-corrected chi connectivity index (χ1v) is 15.0. The maximum atomic E-state index is 13.8. The predicted octanol–water partition coefficient (Wildman–Crippen LogP) is 4.43. The van der Waals surface area contributed by atoms with Crippen LogP contribution in [0, 0.1) is 24.2 Å². The Kier molecular flexibility index (Phi) is 7.74. The molecule has 3 amide bonds. The van der Waals surface area contributed by atoms with E-state index in [1.54, 1.807) is 17.0 Å². The van der Waals surface area contributed by atoms with Crippen LogP contribution in [0.3, 0.4) is 0 Å². The van der Waals surface area contributed by atoms with E-state index in [1.165, 1.54) is 0 Å². The van der Waals surface area contributed by atoms with Gasteiger partial charge in [0.1, 0.15) is 6.04 Å². The molecule has 222 valence electrons. The smallest absolute Gasteiger partial charge is 0.245 e. The normalized spacial score (nSPS) is 28.0. The van der Waals surface area contributed by atoms with Crippen LogP contribution in [0.1, 0.15) is 83.0 Å². The van der Waals surface area contributed by atoms with Gasteiger partial charge in [0, 0.05) is 53.0 Å². The maximum Gasteiger partial charge on any atom is 0.245 e. The molecular weight excluding hydrogens is 542 g/mol. The standard InChI is InChI=1S/C31H42ClN5O4/c1-18(2)26(28(40)37-13-12-31(41,29(4,5)17-37)21-6-8-22(32)9-7-21)33-23(38)14-20-10-11-30(15-20)16-24(39)34-27-25(30)19(3)35-36-27/h6-9,18,20,26,41H,10-17H2,1-5H3,(H,33,38)(H2,34,35,36,39)/t20-,26+,30?,31-/m0/s1. The first kappa shape index (κ1) is 29.6. The minimum atomic E-state index is -1.10. The van der Waals surface area contributed by atoms with Crippen molar-refractivity contribution < 1.29 is 19.5 Å². The van der Waals surface area contributed by atoms with Crippen molar-refractivity contribution >= 4 is 35.1 Å². The van der Waals surface area contributed by atoms with Crippen LogP contribution in [-0.2, 0) is 25.4 Å². The zero-order valence-corrected chi connectivity index (χ0v) is 25.4. The number of fused-ring (bicyclic) bond motifs is 2. The van der Waals surface area contributed by atoms with E-state index in [4.69, 9.17) is 11.6 Å². The lowest BCUT2D eigenvalue weighted by Gasteiger charge is -2.51. The second kappa shape index (κ2) is 10.7. The SMILES string of the molecule is Cc1[nH]nc2c1C1(CC[C@@H](CC(=O)N[C@@H](C(=O)N3CC[C@](O)(c4ccc(Cl)cc4)C(C)(C)C3)C(C)C)C1)CC(=O)N2. The highest BCUT2D eigenvalue weighted by Gasteiger charge is 2.51. The Labute approximate surface area is 246 Å². The molecule has 10 heteroatoms. The van der Waals surface area contributed by atoms with Gasteiger partial charge in [0.25, 0.3) is 0 Å². The molecule has 0 bridgehead atoms. The summed E-state index contributed by atoms with van der Waals surface area (Å²) in [5.74, 6) is 0.338. The van der Waals surface area contributed by atoms with Crippen molar-refractivity contribution in [2.45, 2.75) is 90.2 Å². The van der Waals surface area contributed by atoms with Crippen LogP contribution in [0.5, 0.6) is 0 Å². The highest BCUT2D eigenvalue weighted by Crippen LogP contribution is 2.52. The molecule has 5 rings (SSSR count). The summed E-state index contributed by atoms with van der Waals surface area (Å²) in [4.78, 5) is 41.3. The van der Waals surface area contributed by atoms with E-state index in [9.17, 15) is 19.5 Å². The first-order valence-electron chi connectivity index (χ1n) is 14.7. The fourth-order valence-electron chi connectivity index (χ4n) is 7.52. The molecular formula is C31H42ClN5O4. The molecule has 4 atom stereocenters. The van der Waals surface area contributed by atoms with E-state index in [1.807, 2.05) is 46.8 Å². The highest BCUT2D eigenvalue weighted by atomic mass is 35.5. The van der Waals surface area contributed by atoms with Crippen molar-refractivity contribution in [3.63, 3.8) is 0 Å². The number of piperidine rings is 1. The summed E-state index contributed by atoms with van der Waals surface area (Å²) < 4.78 is 0. The Hall–Kier alpha value is -2.91. The third-order valence-electron chi connectivity index (χ3n) is 9.75. The second-order valence-corrected chi connectivity index (χ2v) is 13.9. The number of halogens is 1. The van der Waals surface area contributed by atoms with Crippen molar-refractivity contribution in [1.82, 2.24) is 20.4 Å². The number of carbonyl (C=O) groups is 3. The number of likely N-dealkylation sites (tertiary alicyclic amines) is 1. The van der Waals surface area contributed by atoms with Gasteiger partial charge < -0.3 is 20.6 Å². The van der Waals surface area contributed by atoms with Gasteiger partial charge in [-0.25, -0.2) is 0 Å². The van der Waals surface area contributed by atoms with Crippen molar-refractivity contribution in [3.05, 3.63) is 46.1 Å². The molecule has 1 saturated heterocycles. The fraction of sp³-hybridized carbons (Fsp3) is 0.613. The number of anilines is 1. The Morgan fingerprint density at radius 2 is 1.93 bits per heavy atom. The number of nitrogens with one attached hydrogen (secondary N) is 3. The quantitative estimate of drug-likeness (QED) is 0.400. The van der Waals surface area contributed by atoms with Gasteiger partial charge in [-0.05, 0) is 62.1 Å². The molecule has 1 aliphatic carbocycles. The lowest BCUT2D eigenvalue weighted by atomic mass is 9.66. The highest BCUT2D eigenvalue weighted by molar-refractivity contribution is 6.30. The summed E-state index contributed by atoms with van der Waals surface area (Å²) in [6.45, 7) is 10.6. The predicted molar refractivity (Wildman–Crippen MR) is 157 cm³/mol. The van der Waals surface area contributed by atoms with Crippen LogP contribution in [-0.4, -0.2) is 57.1 Å². The number of amides is 3. The number of aromatic nitrogens is 2. The molecule has 2 aromatic rings. The topological polar surface area (TPSA) is 127 Å². The van der Waals surface area contributed by atoms with E-state index in [0.717, 1.165) is 36.1 Å². The van der Waals surface area contributed by atoms with Crippen molar-refractivity contribution in [2.24, 2.45) is 17.3 Å². The van der Waals surface area contributed by atoms with E-state index < -0.39 is 17.1 Å². The third-order valence-corrected chi connectivity index (χ3v) is 10.0. The number of hydrogen-bond acceptors (Lipinski definition) is 5. The van der Waals surface area contributed by atoms with Gasteiger partial charge in [-0.2, -0.15) is 5.10 Å². The fourth-order valence-corrected chi connectivity index (χ4v) is 7.64. The Morgan fingerprint density at radius 3 is 2.59 bits per heavy atom. The maximum absolute atomic E-state index is 13.8. The van der Waals surface area contributed by atoms with E-state index in [-0.39, 0.29) is 35.0 Å². The van der Waals surface area contributed by atoms with Crippen LogP contribution in [0.4, 0.5) is 5.82 Å². The number of nitrogens with zero attached hydrogens (tertiary/aromatic N) is 2. The molecule has 4 N–H and O–H groups in total. The zero-order valence-electron chi connectivity index (χ0n) is 24.6. The Balaban J connectivity index is 1.23. The number of hydrogen-bond donors (Lipinski definition) is 4. The monoisotopic (exact) mass is 583 g/mol. The summed E-state index contributed by atoms with van der Waals surface area (Å²) in [6.07, 6.45) is 3.52. The molecule has 9 nitrogen and oxygen atoms in total. The minimum absolute atomic E-state index is 0.0352. The van der Waals surface area contributed by atoms with Crippen molar-refractivity contribution in [3.8, 4) is 0 Å². The third kappa shape index (κ3) is 5.39. The molecule has 1 aromatic heterocycles. The Morgan fingerprint density at radius 1 is 1.22 bits per heavy atom. The molecule has 3 heterocycles. The number of aromatic amines is 1. The summed E-state index contributed by atoms with van der Waals surface area (Å²) >= 11 is 6.07. The summed E-state index contributed by atoms with van der Waals surface area (Å²) in [5, 5.41) is 25.5. The van der Waals surface area contributed by atoms with E-state index >= 15 is 0 Å². The lowest BCUT2D eigenvalue weighted by molar-refractivity contribution is -0.156. The molecule has 0 radical (unpaired) electrons. The molecule has 1 spiro atoms. The van der Waals surface area contributed by atoms with Gasteiger partial charge in [-0.15, -0.1) is 0 Å². The van der Waals surface area contributed by atoms with Gasteiger partial charge in [0.2, 0.25) is 17.7 Å². The van der Waals surface area contributed by atoms with Gasteiger partial charge >= 0.3 is 0 Å². The number of benzene rings is 1. The molecule has 41 heavy (non-hydrogen) atoms. The Bertz CT molecular complexity index is 1340. The van der Waals surface area contributed by atoms with Crippen LogP contribution in [0.25, 0.3) is 0 Å². The van der Waals surface area contributed by atoms with Gasteiger partial charge in [0.05, 0.1) is 5.60 Å². The number of aliphatic hydroxyl groups is 1. The number of aryl methyl sites for hydroxylation is 1. The summed E-state index contributed by atoms with van der Waals surface area (Å²) in [7, 11) is 0. The average molecular weight is 584 g/mol. The molecule has 1 aromatic carbocycles. The number of H-pyrrole nitrogens is 1. The van der Waals surface area contributed by atoms with E-state index in [0.29, 0.717) is 43.2 Å². The van der Waals surface area contributed by atoms with Gasteiger partial charge in [-0.1, -0.05) is 51.4 Å². The number of rotatable bonds is 6. The van der Waals surface area contributed by atoms with Crippen LogP contribution < -0.4 is 10.6 Å². The van der Waals surface area contributed by atoms with E-state index in [2.05, 4.69) is 20.8 Å². The first-order chi connectivity index (χ1) is 19.2. The largest absolute Gasteiger partial charge is 0.384 e. The summed E-state index contributed by atoms with van der Waals surface area (Å²) in [5.41, 5.74) is 0.800. The minimum Gasteiger partial charge on any atom is -0.384 e. The van der Waals surface area contributed by atoms with Gasteiger partial charge in [-0.3, -0.25) is 19.5 Å². The van der Waals surface area contributed by atoms with Crippen LogP contribution in [0.15, 0.2) is 24.3 Å². The zero-order chi connectivity index (χ0) is 29.7. The lowest BCUT2D eigenvalue weighted by Crippen LogP contribution is -2.60. The number of carbonyl (C=O) groups excluding carboxylic acids is 3. The van der Waals surface area contributed by atoms with Crippen molar-refractivity contribution in [1.29, 1.82) is 0 Å². The molecule has 1 unspecified atom stereocenters. The van der Waals surface area contributed by atoms with Crippen molar-refractivity contribution in [2.75, 3.05) is 18.4 Å². The van der Waals surface area contributed by atoms with Crippen LogP contribution >= 0.6 is 11.6 Å².